The number of esters is 1. The van der Waals surface area contributed by atoms with E-state index in [1.165, 1.54) is 35.5 Å². The molecule has 0 spiro atoms. The Labute approximate surface area is 170 Å². The van der Waals surface area contributed by atoms with E-state index in [2.05, 4.69) is 5.32 Å². The van der Waals surface area contributed by atoms with Gasteiger partial charge in [-0.15, -0.1) is 0 Å². The van der Waals surface area contributed by atoms with E-state index in [4.69, 9.17) is 4.74 Å². The molecule has 2 aromatic carbocycles. The monoisotopic (exact) mass is 416 g/mol. The van der Waals surface area contributed by atoms with Crippen LogP contribution < -0.4 is 9.62 Å². The number of fused-ring (bicyclic) bond motifs is 1. The van der Waals surface area contributed by atoms with Crippen LogP contribution in [0.1, 0.15) is 36.2 Å². The quantitative estimate of drug-likeness (QED) is 0.700. The Morgan fingerprint density at radius 1 is 1.17 bits per heavy atom. The minimum Gasteiger partial charge on any atom is -0.449 e. The minimum absolute atomic E-state index is 0.00624. The van der Waals surface area contributed by atoms with Crippen molar-refractivity contribution in [3.63, 3.8) is 0 Å². The molecule has 3 rings (SSSR count). The van der Waals surface area contributed by atoms with Crippen LogP contribution in [0.2, 0.25) is 0 Å². The zero-order chi connectivity index (χ0) is 21.0. The molecule has 7 nitrogen and oxygen atoms in total. The number of nitrogens with one attached hydrogen (secondary N) is 1. The number of ether oxygens (including phenoxy) is 1. The number of carbonyl (C=O) groups excluding carboxylic acids is 2. The standard InChI is InChI=1S/C21H24N2O5S/c1-3-12-22-20(24)15(2)28-21(25)17-8-6-9-18(14-17)29(26,27)23-13-11-16-7-4-5-10-19(16)23/h4-10,14-15H,3,11-13H2,1-2H3,(H,22,24). The van der Waals surface area contributed by atoms with Crippen LogP contribution in [-0.2, 0) is 26.0 Å². The van der Waals surface area contributed by atoms with Gasteiger partial charge in [-0.3, -0.25) is 9.10 Å². The Morgan fingerprint density at radius 3 is 2.69 bits per heavy atom. The van der Waals surface area contributed by atoms with Crippen molar-refractivity contribution in [3.8, 4) is 0 Å². The zero-order valence-electron chi connectivity index (χ0n) is 16.4. The van der Waals surface area contributed by atoms with Gasteiger partial charge < -0.3 is 10.1 Å². The molecule has 154 valence electrons. The summed E-state index contributed by atoms with van der Waals surface area (Å²) in [5.74, 6) is -1.14. The number of hydrogen-bond donors (Lipinski definition) is 1. The van der Waals surface area contributed by atoms with Gasteiger partial charge in [-0.25, -0.2) is 13.2 Å². The number of benzene rings is 2. The summed E-state index contributed by atoms with van der Waals surface area (Å²) in [6.07, 6.45) is 0.438. The normalized spacial score (nSPS) is 14.2. The van der Waals surface area contributed by atoms with Gasteiger partial charge in [0.05, 0.1) is 16.1 Å². The number of amides is 1. The van der Waals surface area contributed by atoms with Crippen molar-refractivity contribution in [1.29, 1.82) is 0 Å². The molecule has 0 bridgehead atoms. The fraction of sp³-hybridized carbons (Fsp3) is 0.333. The van der Waals surface area contributed by atoms with Crippen LogP contribution >= 0.6 is 0 Å². The first-order chi connectivity index (χ1) is 13.8. The first-order valence-corrected chi connectivity index (χ1v) is 11.0. The van der Waals surface area contributed by atoms with Gasteiger partial charge in [0.2, 0.25) is 0 Å². The molecule has 0 aromatic heterocycles. The Hall–Kier alpha value is -2.87. The smallest absolute Gasteiger partial charge is 0.338 e. The second-order valence-electron chi connectivity index (χ2n) is 6.82. The van der Waals surface area contributed by atoms with Gasteiger partial charge in [0, 0.05) is 13.1 Å². The summed E-state index contributed by atoms with van der Waals surface area (Å²) in [5, 5.41) is 2.65. The lowest BCUT2D eigenvalue weighted by Crippen LogP contribution is -2.36. The SMILES string of the molecule is CCCNC(=O)C(C)OC(=O)c1cccc(S(=O)(=O)N2CCc3ccccc32)c1. The molecule has 1 heterocycles. The molecule has 1 N–H and O–H groups in total. The van der Waals surface area contributed by atoms with Crippen molar-refractivity contribution in [2.24, 2.45) is 0 Å². The first kappa shape index (κ1) is 20.9. The van der Waals surface area contributed by atoms with Crippen LogP contribution in [-0.4, -0.2) is 39.5 Å². The maximum absolute atomic E-state index is 13.1. The molecule has 1 atom stereocenters. The molecule has 1 amide bonds. The zero-order valence-corrected chi connectivity index (χ0v) is 17.2. The third kappa shape index (κ3) is 4.42. The minimum atomic E-state index is -3.82. The lowest BCUT2D eigenvalue weighted by atomic mass is 10.2. The van der Waals surface area contributed by atoms with E-state index in [0.717, 1.165) is 12.0 Å². The molecule has 0 aliphatic carbocycles. The third-order valence-corrected chi connectivity index (χ3v) is 6.51. The molecule has 29 heavy (non-hydrogen) atoms. The maximum atomic E-state index is 13.1. The molecule has 8 heteroatoms. The van der Waals surface area contributed by atoms with E-state index in [-0.39, 0.29) is 10.5 Å². The highest BCUT2D eigenvalue weighted by Gasteiger charge is 2.31. The van der Waals surface area contributed by atoms with Gasteiger partial charge >= 0.3 is 5.97 Å². The average Bonchev–Trinajstić information content (AvgIpc) is 3.17. The number of anilines is 1. The van der Waals surface area contributed by atoms with E-state index in [1.54, 1.807) is 12.1 Å². The number of nitrogens with zero attached hydrogens (tertiary/aromatic N) is 1. The molecule has 1 aliphatic heterocycles. The number of sulfonamides is 1. The topological polar surface area (TPSA) is 92.8 Å². The molecule has 0 radical (unpaired) electrons. The maximum Gasteiger partial charge on any atom is 0.338 e. The summed E-state index contributed by atoms with van der Waals surface area (Å²) in [6, 6.07) is 13.1. The van der Waals surface area contributed by atoms with E-state index < -0.39 is 28.0 Å². The lowest BCUT2D eigenvalue weighted by Gasteiger charge is -2.20. The molecule has 1 aliphatic rings. The van der Waals surface area contributed by atoms with Crippen molar-refractivity contribution in [2.75, 3.05) is 17.4 Å². The summed E-state index contributed by atoms with van der Waals surface area (Å²) in [4.78, 5) is 24.3. The van der Waals surface area contributed by atoms with Crippen LogP contribution in [0.15, 0.2) is 53.4 Å². The van der Waals surface area contributed by atoms with Crippen molar-refractivity contribution < 1.29 is 22.7 Å². The van der Waals surface area contributed by atoms with Gasteiger partial charge in [0.25, 0.3) is 15.9 Å². The highest BCUT2D eigenvalue weighted by atomic mass is 32.2. The van der Waals surface area contributed by atoms with Gasteiger partial charge in [-0.05, 0) is 49.6 Å². The van der Waals surface area contributed by atoms with Gasteiger partial charge in [0.1, 0.15) is 0 Å². The fourth-order valence-electron chi connectivity index (χ4n) is 3.14. The molecular weight excluding hydrogens is 392 g/mol. The Morgan fingerprint density at radius 2 is 1.93 bits per heavy atom. The van der Waals surface area contributed by atoms with Crippen molar-refractivity contribution in [3.05, 3.63) is 59.7 Å². The largest absolute Gasteiger partial charge is 0.449 e. The van der Waals surface area contributed by atoms with Crippen LogP contribution in [0, 0.1) is 0 Å². The predicted molar refractivity (Wildman–Crippen MR) is 109 cm³/mol. The Bertz CT molecular complexity index is 1020. The fourth-order valence-corrected chi connectivity index (χ4v) is 4.69. The summed E-state index contributed by atoms with van der Waals surface area (Å²) >= 11 is 0. The Kier molecular flexibility index (Phi) is 6.22. The van der Waals surface area contributed by atoms with E-state index >= 15 is 0 Å². The van der Waals surface area contributed by atoms with Crippen molar-refractivity contribution in [2.45, 2.75) is 37.7 Å². The number of para-hydroxylation sites is 1. The van der Waals surface area contributed by atoms with Crippen molar-refractivity contribution >= 4 is 27.6 Å². The van der Waals surface area contributed by atoms with E-state index in [9.17, 15) is 18.0 Å². The highest BCUT2D eigenvalue weighted by molar-refractivity contribution is 7.92. The summed E-state index contributed by atoms with van der Waals surface area (Å²) in [6.45, 7) is 4.24. The van der Waals surface area contributed by atoms with Crippen molar-refractivity contribution in [1.82, 2.24) is 5.32 Å². The number of carbonyl (C=O) groups is 2. The lowest BCUT2D eigenvalue weighted by molar-refractivity contribution is -0.129. The van der Waals surface area contributed by atoms with Gasteiger partial charge in [-0.1, -0.05) is 31.2 Å². The van der Waals surface area contributed by atoms with E-state index in [1.807, 2.05) is 19.1 Å². The number of hydrogen-bond acceptors (Lipinski definition) is 5. The first-order valence-electron chi connectivity index (χ1n) is 9.54. The van der Waals surface area contributed by atoms with Crippen LogP contribution in [0.5, 0.6) is 0 Å². The molecule has 1 unspecified atom stereocenters. The molecule has 0 fully saturated rings. The van der Waals surface area contributed by atoms with Crippen LogP contribution in [0.25, 0.3) is 0 Å². The second kappa shape index (κ2) is 8.65. The summed E-state index contributed by atoms with van der Waals surface area (Å²) in [7, 11) is -3.82. The second-order valence-corrected chi connectivity index (χ2v) is 8.68. The Balaban J connectivity index is 1.79. The highest BCUT2D eigenvalue weighted by Crippen LogP contribution is 2.32. The summed E-state index contributed by atoms with van der Waals surface area (Å²) in [5.41, 5.74) is 1.70. The molecular formula is C21H24N2O5S. The average molecular weight is 416 g/mol. The van der Waals surface area contributed by atoms with Crippen LogP contribution in [0.3, 0.4) is 0 Å². The molecule has 0 saturated heterocycles. The number of rotatable bonds is 7. The molecule has 0 saturated carbocycles. The molecule has 2 aromatic rings. The van der Waals surface area contributed by atoms with E-state index in [0.29, 0.717) is 25.2 Å². The van der Waals surface area contributed by atoms with Crippen LogP contribution in [0.4, 0.5) is 5.69 Å². The predicted octanol–water partition coefficient (Wildman–Crippen LogP) is 2.51. The van der Waals surface area contributed by atoms with Gasteiger partial charge in [0.15, 0.2) is 6.10 Å². The van der Waals surface area contributed by atoms with Gasteiger partial charge in [-0.2, -0.15) is 0 Å². The third-order valence-electron chi connectivity index (χ3n) is 4.70. The summed E-state index contributed by atoms with van der Waals surface area (Å²) < 4.78 is 32.8.